The molecule has 0 aliphatic heterocycles. The van der Waals surface area contributed by atoms with Crippen molar-refractivity contribution in [1.29, 1.82) is 0 Å². The van der Waals surface area contributed by atoms with Crippen LogP contribution in [0.3, 0.4) is 0 Å². The molecule has 1 aromatic rings. The summed E-state index contributed by atoms with van der Waals surface area (Å²) >= 11 is 0. The third kappa shape index (κ3) is 4.03. The molecule has 0 atom stereocenters. The van der Waals surface area contributed by atoms with Gasteiger partial charge in [-0.1, -0.05) is 18.2 Å². The van der Waals surface area contributed by atoms with Gasteiger partial charge in [-0.2, -0.15) is 0 Å². The lowest BCUT2D eigenvalue weighted by atomic mass is 9.82. The van der Waals surface area contributed by atoms with Crippen LogP contribution in [0.1, 0.15) is 18.4 Å². The third-order valence-corrected chi connectivity index (χ3v) is 3.71. The van der Waals surface area contributed by atoms with Crippen molar-refractivity contribution in [3.05, 3.63) is 29.8 Å². The van der Waals surface area contributed by atoms with Gasteiger partial charge in [-0.25, -0.2) is 0 Å². The predicted octanol–water partition coefficient (Wildman–Crippen LogP) is 0.786. The topological polar surface area (TPSA) is 78.6 Å². The van der Waals surface area contributed by atoms with Crippen LogP contribution in [0.5, 0.6) is 0 Å². The fraction of sp³-hybridized carbons (Fsp3) is 0.533. The number of carbonyl (C=O) groups is 1. The van der Waals surface area contributed by atoms with Crippen LogP contribution in [0, 0.1) is 5.92 Å². The molecule has 1 aliphatic carbocycles. The Labute approximate surface area is 119 Å². The summed E-state index contributed by atoms with van der Waals surface area (Å²) in [5.41, 5.74) is 7.37. The Balaban J connectivity index is 1.79. The molecule has 1 fully saturated rings. The summed E-state index contributed by atoms with van der Waals surface area (Å²) < 4.78 is 0. The molecule has 5 heteroatoms. The van der Waals surface area contributed by atoms with Crippen LogP contribution < -0.4 is 11.1 Å². The van der Waals surface area contributed by atoms with E-state index in [1.165, 1.54) is 0 Å². The van der Waals surface area contributed by atoms with Crippen molar-refractivity contribution >= 4 is 11.6 Å². The van der Waals surface area contributed by atoms with Gasteiger partial charge in [0, 0.05) is 18.8 Å². The summed E-state index contributed by atoms with van der Waals surface area (Å²) in [5.74, 6) is 0.479. The molecular weight excluding hydrogens is 254 g/mol. The molecule has 0 heterocycles. The summed E-state index contributed by atoms with van der Waals surface area (Å²) in [7, 11) is 1.93. The first-order chi connectivity index (χ1) is 9.58. The van der Waals surface area contributed by atoms with Gasteiger partial charge in [-0.05, 0) is 37.4 Å². The number of carbonyl (C=O) groups excluding carboxylic acids is 1. The number of nitrogens with two attached hydrogens (primary N) is 1. The van der Waals surface area contributed by atoms with Crippen LogP contribution in [0.25, 0.3) is 0 Å². The summed E-state index contributed by atoms with van der Waals surface area (Å²) in [6, 6.07) is 7.57. The Kier molecular flexibility index (Phi) is 5.11. The first-order valence-electron chi connectivity index (χ1n) is 7.03. The van der Waals surface area contributed by atoms with E-state index in [0.717, 1.165) is 30.6 Å². The highest BCUT2D eigenvalue weighted by molar-refractivity contribution is 5.92. The molecule has 1 aromatic carbocycles. The van der Waals surface area contributed by atoms with Crippen molar-refractivity contribution in [2.75, 3.05) is 25.5 Å². The Morgan fingerprint density at radius 2 is 2.15 bits per heavy atom. The zero-order chi connectivity index (χ0) is 14.5. The van der Waals surface area contributed by atoms with Crippen molar-refractivity contribution in [3.8, 4) is 0 Å². The van der Waals surface area contributed by atoms with Gasteiger partial charge in [0.05, 0.1) is 12.6 Å². The highest BCUT2D eigenvalue weighted by atomic mass is 16.3. The van der Waals surface area contributed by atoms with Crippen LogP contribution in [0.2, 0.25) is 0 Å². The molecule has 0 saturated heterocycles. The van der Waals surface area contributed by atoms with Crippen molar-refractivity contribution in [2.45, 2.75) is 25.5 Å². The van der Waals surface area contributed by atoms with E-state index in [9.17, 15) is 9.90 Å². The first kappa shape index (κ1) is 15.0. The lowest BCUT2D eigenvalue weighted by Crippen LogP contribution is -2.40. The highest BCUT2D eigenvalue weighted by Crippen LogP contribution is 2.27. The monoisotopic (exact) mass is 277 g/mol. The Morgan fingerprint density at radius 3 is 2.80 bits per heavy atom. The average Bonchev–Trinajstić information content (AvgIpc) is 2.37. The maximum absolute atomic E-state index is 12.0. The van der Waals surface area contributed by atoms with Crippen molar-refractivity contribution in [3.63, 3.8) is 0 Å². The molecule has 110 valence electrons. The normalized spacial score (nSPS) is 21.6. The number of aliphatic hydroxyl groups excluding tert-OH is 1. The molecule has 0 unspecified atom stereocenters. The van der Waals surface area contributed by atoms with Crippen molar-refractivity contribution in [1.82, 2.24) is 4.90 Å². The summed E-state index contributed by atoms with van der Waals surface area (Å²) in [6.07, 6.45) is 1.56. The smallest absolute Gasteiger partial charge is 0.238 e. The van der Waals surface area contributed by atoms with Crippen molar-refractivity contribution < 1.29 is 9.90 Å². The van der Waals surface area contributed by atoms with E-state index in [1.807, 2.05) is 36.2 Å². The summed E-state index contributed by atoms with van der Waals surface area (Å²) in [6.45, 7) is 1.61. The van der Waals surface area contributed by atoms with Gasteiger partial charge in [-0.3, -0.25) is 9.69 Å². The fourth-order valence-electron chi connectivity index (χ4n) is 2.61. The van der Waals surface area contributed by atoms with Crippen LogP contribution in [0.4, 0.5) is 5.69 Å². The molecule has 4 N–H and O–H groups in total. The van der Waals surface area contributed by atoms with E-state index in [0.29, 0.717) is 19.0 Å². The lowest BCUT2D eigenvalue weighted by molar-refractivity contribution is -0.117. The molecule has 0 aromatic heterocycles. The number of rotatable bonds is 6. The molecule has 1 saturated carbocycles. The zero-order valence-corrected chi connectivity index (χ0v) is 11.9. The van der Waals surface area contributed by atoms with E-state index in [1.54, 1.807) is 0 Å². The zero-order valence-electron chi connectivity index (χ0n) is 11.9. The number of amides is 1. The maximum Gasteiger partial charge on any atom is 0.238 e. The Hall–Kier alpha value is -1.43. The summed E-state index contributed by atoms with van der Waals surface area (Å²) in [5, 5.41) is 12.2. The minimum Gasteiger partial charge on any atom is -0.393 e. The van der Waals surface area contributed by atoms with Gasteiger partial charge >= 0.3 is 0 Å². The Bertz CT molecular complexity index is 458. The molecule has 0 radical (unpaired) electrons. The van der Waals surface area contributed by atoms with Gasteiger partial charge < -0.3 is 16.2 Å². The molecule has 0 bridgehead atoms. The SMILES string of the molecule is CN(CC(=O)Nc1ccccc1CN)CC1CC(O)C1. The molecule has 1 aliphatic rings. The molecular formula is C15H23N3O2. The molecule has 0 spiro atoms. The highest BCUT2D eigenvalue weighted by Gasteiger charge is 2.28. The number of para-hydroxylation sites is 1. The molecule has 1 amide bonds. The standard InChI is InChI=1S/C15H23N3O2/c1-18(9-11-6-13(19)7-11)10-15(20)17-14-5-3-2-4-12(14)8-16/h2-5,11,13,19H,6-10,16H2,1H3,(H,17,20). The number of hydrogen-bond acceptors (Lipinski definition) is 4. The van der Waals surface area contributed by atoms with E-state index in [-0.39, 0.29) is 12.0 Å². The van der Waals surface area contributed by atoms with Crippen LogP contribution >= 0.6 is 0 Å². The quantitative estimate of drug-likeness (QED) is 0.718. The predicted molar refractivity (Wildman–Crippen MR) is 79.2 cm³/mol. The molecule has 2 rings (SSSR count). The second kappa shape index (κ2) is 6.83. The number of aliphatic hydroxyl groups is 1. The number of nitrogens with one attached hydrogen (secondary N) is 1. The van der Waals surface area contributed by atoms with Crippen LogP contribution in [-0.2, 0) is 11.3 Å². The number of hydrogen-bond donors (Lipinski definition) is 3. The van der Waals surface area contributed by atoms with Gasteiger partial charge in [0.25, 0.3) is 0 Å². The number of anilines is 1. The van der Waals surface area contributed by atoms with Gasteiger partial charge in [0.1, 0.15) is 0 Å². The molecule has 5 nitrogen and oxygen atoms in total. The second-order valence-electron chi connectivity index (χ2n) is 5.60. The number of nitrogens with zero attached hydrogens (tertiary/aromatic N) is 1. The van der Waals surface area contributed by atoms with E-state index >= 15 is 0 Å². The van der Waals surface area contributed by atoms with Gasteiger partial charge in [-0.15, -0.1) is 0 Å². The van der Waals surface area contributed by atoms with E-state index < -0.39 is 0 Å². The second-order valence-corrected chi connectivity index (χ2v) is 5.60. The summed E-state index contributed by atoms with van der Waals surface area (Å²) in [4.78, 5) is 14.0. The van der Waals surface area contributed by atoms with Crippen LogP contribution in [0.15, 0.2) is 24.3 Å². The van der Waals surface area contributed by atoms with Gasteiger partial charge in [0.2, 0.25) is 5.91 Å². The third-order valence-electron chi connectivity index (χ3n) is 3.71. The number of benzene rings is 1. The van der Waals surface area contributed by atoms with E-state index in [4.69, 9.17) is 5.73 Å². The largest absolute Gasteiger partial charge is 0.393 e. The maximum atomic E-state index is 12.0. The average molecular weight is 277 g/mol. The molecule has 20 heavy (non-hydrogen) atoms. The van der Waals surface area contributed by atoms with Crippen molar-refractivity contribution in [2.24, 2.45) is 11.7 Å². The number of likely N-dealkylation sites (N-methyl/N-ethyl adjacent to an activating group) is 1. The van der Waals surface area contributed by atoms with E-state index in [2.05, 4.69) is 5.32 Å². The first-order valence-corrected chi connectivity index (χ1v) is 7.03. The van der Waals surface area contributed by atoms with Gasteiger partial charge in [0.15, 0.2) is 0 Å². The fourth-order valence-corrected chi connectivity index (χ4v) is 2.61. The minimum atomic E-state index is -0.140. The van der Waals surface area contributed by atoms with Crippen LogP contribution in [-0.4, -0.2) is 42.2 Å². The Morgan fingerprint density at radius 1 is 1.45 bits per heavy atom. The minimum absolute atomic E-state index is 0.0340. The lowest BCUT2D eigenvalue weighted by Gasteiger charge is -2.34.